The molecule has 0 amide bonds. The zero-order chi connectivity index (χ0) is 23.0. The van der Waals surface area contributed by atoms with Crippen molar-refractivity contribution in [1.82, 2.24) is 9.88 Å². The molecule has 0 spiro atoms. The van der Waals surface area contributed by atoms with Gasteiger partial charge in [0.1, 0.15) is 5.60 Å². The number of carbonyl (C=O) groups excluding carboxylic acids is 1. The minimum Gasteiger partial charge on any atom is -0.460 e. The van der Waals surface area contributed by atoms with Gasteiger partial charge in [-0.1, -0.05) is 66.7 Å². The maximum atomic E-state index is 12.9. The molecule has 0 unspecified atom stereocenters. The first-order valence-electron chi connectivity index (χ1n) is 11.3. The van der Waals surface area contributed by atoms with Crippen LogP contribution in [0.5, 0.6) is 0 Å². The molecule has 3 aromatic rings. The zero-order valence-corrected chi connectivity index (χ0v) is 19.6. The van der Waals surface area contributed by atoms with Crippen LogP contribution in [0.1, 0.15) is 55.6 Å². The topological polar surface area (TPSA) is 42.4 Å². The van der Waals surface area contributed by atoms with Gasteiger partial charge in [-0.3, -0.25) is 14.7 Å². The summed E-state index contributed by atoms with van der Waals surface area (Å²) in [5, 5.41) is 0. The Morgan fingerprint density at radius 2 is 1.56 bits per heavy atom. The van der Waals surface area contributed by atoms with E-state index in [2.05, 4.69) is 64.5 Å². The molecule has 0 aliphatic heterocycles. The van der Waals surface area contributed by atoms with Gasteiger partial charge in [0.25, 0.3) is 0 Å². The molecule has 0 bridgehead atoms. The molecule has 1 atom stereocenters. The molecule has 1 heterocycles. The van der Waals surface area contributed by atoms with Crippen LogP contribution in [0.15, 0.2) is 79.0 Å². The van der Waals surface area contributed by atoms with Gasteiger partial charge >= 0.3 is 5.97 Å². The van der Waals surface area contributed by atoms with Crippen LogP contribution < -0.4 is 0 Å². The van der Waals surface area contributed by atoms with E-state index in [1.807, 2.05) is 52.1 Å². The molecule has 0 saturated carbocycles. The Morgan fingerprint density at radius 1 is 0.938 bits per heavy atom. The summed E-state index contributed by atoms with van der Waals surface area (Å²) >= 11 is 0. The molecule has 0 saturated heterocycles. The predicted octanol–water partition coefficient (Wildman–Crippen LogP) is 5.91. The van der Waals surface area contributed by atoms with Gasteiger partial charge in [-0.25, -0.2) is 0 Å². The number of esters is 1. The first-order chi connectivity index (χ1) is 15.3. The van der Waals surface area contributed by atoms with Gasteiger partial charge in [0.05, 0.1) is 6.42 Å². The standard InChI is InChI=1S/C28H34N2O2/c1-22-15-16-25(20-29-22)26(19-27(31)32-28(2,3)4)30(21-24-13-9-6-10-14-24)18-17-23-11-7-5-8-12-23/h5-16,20,26H,17-19,21H2,1-4H3/t26-/m1/s1. The van der Waals surface area contributed by atoms with Gasteiger partial charge in [0.15, 0.2) is 0 Å². The van der Waals surface area contributed by atoms with Gasteiger partial charge in [-0.05, 0) is 56.9 Å². The fourth-order valence-corrected chi connectivity index (χ4v) is 3.76. The van der Waals surface area contributed by atoms with Crippen molar-refractivity contribution in [3.05, 3.63) is 101 Å². The monoisotopic (exact) mass is 430 g/mol. The molecule has 0 aliphatic rings. The van der Waals surface area contributed by atoms with E-state index in [1.165, 1.54) is 11.1 Å². The third kappa shape index (κ3) is 7.61. The molecule has 2 aromatic carbocycles. The number of carbonyl (C=O) groups is 1. The van der Waals surface area contributed by atoms with E-state index >= 15 is 0 Å². The summed E-state index contributed by atoms with van der Waals surface area (Å²) < 4.78 is 5.69. The normalized spacial score (nSPS) is 12.5. The Labute approximate surface area is 192 Å². The van der Waals surface area contributed by atoms with Crippen molar-refractivity contribution in [2.45, 2.75) is 58.7 Å². The molecular weight excluding hydrogens is 396 g/mol. The quantitative estimate of drug-likeness (QED) is 0.396. The second-order valence-electron chi connectivity index (χ2n) is 9.23. The Kier molecular flexibility index (Phi) is 8.18. The molecule has 0 fully saturated rings. The third-order valence-corrected chi connectivity index (χ3v) is 5.30. The highest BCUT2D eigenvalue weighted by molar-refractivity contribution is 5.71. The molecule has 4 heteroatoms. The van der Waals surface area contributed by atoms with Crippen molar-refractivity contribution in [3.8, 4) is 0 Å². The highest BCUT2D eigenvalue weighted by atomic mass is 16.6. The van der Waals surface area contributed by atoms with Gasteiger partial charge in [0, 0.05) is 31.0 Å². The summed E-state index contributed by atoms with van der Waals surface area (Å²) in [6.07, 6.45) is 3.08. The van der Waals surface area contributed by atoms with Gasteiger partial charge in [-0.2, -0.15) is 0 Å². The molecular formula is C28H34N2O2. The lowest BCUT2D eigenvalue weighted by Crippen LogP contribution is -2.34. The van der Waals surface area contributed by atoms with Crippen LogP contribution in [0.3, 0.4) is 0 Å². The maximum absolute atomic E-state index is 12.9. The minimum absolute atomic E-state index is 0.123. The van der Waals surface area contributed by atoms with E-state index in [4.69, 9.17) is 4.74 Å². The van der Waals surface area contributed by atoms with Crippen molar-refractivity contribution in [2.24, 2.45) is 0 Å². The molecule has 32 heavy (non-hydrogen) atoms. The lowest BCUT2D eigenvalue weighted by atomic mass is 10.0. The van der Waals surface area contributed by atoms with E-state index in [0.29, 0.717) is 0 Å². The Bertz CT molecular complexity index is 964. The summed E-state index contributed by atoms with van der Waals surface area (Å²) in [6, 6.07) is 24.8. The van der Waals surface area contributed by atoms with Crippen molar-refractivity contribution in [1.29, 1.82) is 0 Å². The van der Waals surface area contributed by atoms with E-state index in [0.717, 1.165) is 30.8 Å². The first kappa shape index (κ1) is 23.7. The SMILES string of the molecule is Cc1ccc([C@@H](CC(=O)OC(C)(C)C)N(CCc2ccccc2)Cc2ccccc2)cn1. The second kappa shape index (κ2) is 11.1. The number of ether oxygens (including phenoxy) is 1. The van der Waals surface area contributed by atoms with Gasteiger partial charge < -0.3 is 4.74 Å². The van der Waals surface area contributed by atoms with Crippen molar-refractivity contribution in [2.75, 3.05) is 6.54 Å². The molecule has 0 aliphatic carbocycles. The average Bonchev–Trinajstić information content (AvgIpc) is 2.76. The summed E-state index contributed by atoms with van der Waals surface area (Å²) in [5.41, 5.74) is 3.98. The zero-order valence-electron chi connectivity index (χ0n) is 19.6. The van der Waals surface area contributed by atoms with Crippen LogP contribution in [0, 0.1) is 6.92 Å². The Morgan fingerprint density at radius 3 is 2.12 bits per heavy atom. The van der Waals surface area contributed by atoms with Crippen LogP contribution in [-0.2, 0) is 22.5 Å². The van der Waals surface area contributed by atoms with E-state index in [-0.39, 0.29) is 18.4 Å². The Balaban J connectivity index is 1.90. The molecule has 168 valence electrons. The van der Waals surface area contributed by atoms with Crippen LogP contribution in [-0.4, -0.2) is 28.0 Å². The summed E-state index contributed by atoms with van der Waals surface area (Å²) in [4.78, 5) is 19.8. The number of benzene rings is 2. The van der Waals surface area contributed by atoms with Crippen molar-refractivity contribution >= 4 is 5.97 Å². The highest BCUT2D eigenvalue weighted by Gasteiger charge is 2.27. The van der Waals surface area contributed by atoms with E-state index in [1.54, 1.807) is 0 Å². The molecule has 0 N–H and O–H groups in total. The number of rotatable bonds is 9. The average molecular weight is 431 g/mol. The summed E-state index contributed by atoms with van der Waals surface area (Å²) in [5.74, 6) is -0.194. The lowest BCUT2D eigenvalue weighted by molar-refractivity contribution is -0.156. The van der Waals surface area contributed by atoms with Crippen molar-refractivity contribution < 1.29 is 9.53 Å². The number of aromatic nitrogens is 1. The third-order valence-electron chi connectivity index (χ3n) is 5.30. The maximum Gasteiger partial charge on any atom is 0.308 e. The summed E-state index contributed by atoms with van der Waals surface area (Å²) in [6.45, 7) is 9.26. The van der Waals surface area contributed by atoms with Gasteiger partial charge in [0.2, 0.25) is 0 Å². The second-order valence-corrected chi connectivity index (χ2v) is 9.23. The van der Waals surface area contributed by atoms with Crippen molar-refractivity contribution in [3.63, 3.8) is 0 Å². The largest absolute Gasteiger partial charge is 0.460 e. The van der Waals surface area contributed by atoms with Crippen LogP contribution in [0.25, 0.3) is 0 Å². The van der Waals surface area contributed by atoms with Crippen LogP contribution in [0.2, 0.25) is 0 Å². The molecule has 4 nitrogen and oxygen atoms in total. The number of nitrogens with zero attached hydrogens (tertiary/aromatic N) is 2. The summed E-state index contributed by atoms with van der Waals surface area (Å²) in [7, 11) is 0. The molecule has 0 radical (unpaired) electrons. The predicted molar refractivity (Wildman–Crippen MR) is 129 cm³/mol. The number of hydrogen-bond acceptors (Lipinski definition) is 4. The fourth-order valence-electron chi connectivity index (χ4n) is 3.76. The smallest absolute Gasteiger partial charge is 0.308 e. The molecule has 1 aromatic heterocycles. The van der Waals surface area contributed by atoms with E-state index < -0.39 is 5.60 Å². The Hall–Kier alpha value is -2.98. The van der Waals surface area contributed by atoms with E-state index in [9.17, 15) is 4.79 Å². The molecule has 3 rings (SSSR count). The minimum atomic E-state index is -0.512. The highest BCUT2D eigenvalue weighted by Crippen LogP contribution is 2.28. The number of pyridine rings is 1. The van der Waals surface area contributed by atoms with Crippen LogP contribution >= 0.6 is 0 Å². The number of hydrogen-bond donors (Lipinski definition) is 0. The number of aryl methyl sites for hydroxylation is 1. The fraction of sp³-hybridized carbons (Fsp3) is 0.357. The van der Waals surface area contributed by atoms with Gasteiger partial charge in [-0.15, -0.1) is 0 Å². The van der Waals surface area contributed by atoms with Crippen LogP contribution in [0.4, 0.5) is 0 Å². The lowest BCUT2D eigenvalue weighted by Gasteiger charge is -2.32. The first-order valence-corrected chi connectivity index (χ1v) is 11.3.